The molecule has 0 amide bonds. The predicted molar refractivity (Wildman–Crippen MR) is 79.2 cm³/mol. The van der Waals surface area contributed by atoms with Crippen LogP contribution in [-0.2, 0) is 13.6 Å². The summed E-state index contributed by atoms with van der Waals surface area (Å²) in [5.74, 6) is -1.04. The van der Waals surface area contributed by atoms with Crippen molar-refractivity contribution in [3.8, 4) is 0 Å². The average molecular weight is 282 g/mol. The summed E-state index contributed by atoms with van der Waals surface area (Å²) in [5.41, 5.74) is 2.46. The van der Waals surface area contributed by atoms with Gasteiger partial charge < -0.3 is 10.4 Å². The summed E-state index contributed by atoms with van der Waals surface area (Å²) in [7, 11) is 1.86. The third-order valence-electron chi connectivity index (χ3n) is 3.18. The first-order valence-electron chi connectivity index (χ1n) is 6.48. The number of nitrogens with zero attached hydrogens (tertiary/aromatic N) is 3. The van der Waals surface area contributed by atoms with E-state index in [-0.39, 0.29) is 5.69 Å². The zero-order valence-corrected chi connectivity index (χ0v) is 11.4. The first-order chi connectivity index (χ1) is 10.1. The molecule has 0 fully saturated rings. The van der Waals surface area contributed by atoms with Gasteiger partial charge in [-0.05, 0) is 12.1 Å². The summed E-state index contributed by atoms with van der Waals surface area (Å²) in [4.78, 5) is 15.3. The standard InChI is InChI=1S/C15H14N4O2/c1-19-9-10(8-17-19)7-16-13-6-14(15(20)21)18-12-5-3-2-4-11(12)13/h2-6,8-9H,7H2,1H3,(H,16,18)(H,20,21). The van der Waals surface area contributed by atoms with E-state index in [1.165, 1.54) is 0 Å². The van der Waals surface area contributed by atoms with Crippen LogP contribution in [0, 0.1) is 0 Å². The van der Waals surface area contributed by atoms with Gasteiger partial charge in [0.25, 0.3) is 0 Å². The summed E-state index contributed by atoms with van der Waals surface area (Å²) in [6, 6.07) is 9.02. The fourth-order valence-corrected chi connectivity index (χ4v) is 2.19. The highest BCUT2D eigenvalue weighted by molar-refractivity contribution is 5.97. The molecule has 6 heteroatoms. The van der Waals surface area contributed by atoms with Crippen LogP contribution in [-0.4, -0.2) is 25.8 Å². The summed E-state index contributed by atoms with van der Waals surface area (Å²) < 4.78 is 1.73. The number of carbonyl (C=O) groups is 1. The van der Waals surface area contributed by atoms with Crippen molar-refractivity contribution in [1.29, 1.82) is 0 Å². The van der Waals surface area contributed by atoms with E-state index in [0.29, 0.717) is 12.1 Å². The molecular formula is C15H14N4O2. The van der Waals surface area contributed by atoms with Crippen LogP contribution in [0.3, 0.4) is 0 Å². The summed E-state index contributed by atoms with van der Waals surface area (Å²) >= 11 is 0. The second-order valence-electron chi connectivity index (χ2n) is 4.75. The molecule has 2 N–H and O–H groups in total. The maximum Gasteiger partial charge on any atom is 0.354 e. The molecule has 0 spiro atoms. The highest BCUT2D eigenvalue weighted by Gasteiger charge is 2.10. The molecule has 0 aliphatic heterocycles. The number of rotatable bonds is 4. The Hall–Kier alpha value is -2.89. The lowest BCUT2D eigenvalue weighted by Gasteiger charge is -2.09. The number of fused-ring (bicyclic) bond motifs is 1. The molecule has 3 aromatic rings. The third-order valence-corrected chi connectivity index (χ3v) is 3.18. The highest BCUT2D eigenvalue weighted by atomic mass is 16.4. The van der Waals surface area contributed by atoms with Crippen molar-refractivity contribution in [2.45, 2.75) is 6.54 Å². The molecule has 0 saturated heterocycles. The lowest BCUT2D eigenvalue weighted by atomic mass is 10.1. The number of aromatic nitrogens is 3. The number of benzene rings is 1. The van der Waals surface area contributed by atoms with Crippen LogP contribution in [0.15, 0.2) is 42.7 Å². The normalized spacial score (nSPS) is 10.7. The van der Waals surface area contributed by atoms with E-state index in [1.807, 2.05) is 31.4 Å². The van der Waals surface area contributed by atoms with Crippen molar-refractivity contribution >= 4 is 22.6 Å². The van der Waals surface area contributed by atoms with Gasteiger partial charge in [-0.2, -0.15) is 5.10 Å². The Morgan fingerprint density at radius 2 is 2.19 bits per heavy atom. The average Bonchev–Trinajstić information content (AvgIpc) is 2.90. The maximum atomic E-state index is 11.2. The van der Waals surface area contributed by atoms with E-state index in [2.05, 4.69) is 15.4 Å². The van der Waals surface area contributed by atoms with Gasteiger partial charge in [-0.3, -0.25) is 4.68 Å². The second-order valence-corrected chi connectivity index (χ2v) is 4.75. The van der Waals surface area contributed by atoms with Crippen molar-refractivity contribution in [3.63, 3.8) is 0 Å². The number of para-hydroxylation sites is 1. The first-order valence-corrected chi connectivity index (χ1v) is 6.48. The van der Waals surface area contributed by atoms with Gasteiger partial charge >= 0.3 is 5.97 Å². The Bertz CT molecular complexity index is 810. The van der Waals surface area contributed by atoms with Crippen molar-refractivity contribution in [2.75, 3.05) is 5.32 Å². The van der Waals surface area contributed by atoms with E-state index >= 15 is 0 Å². The predicted octanol–water partition coefficient (Wildman–Crippen LogP) is 2.28. The van der Waals surface area contributed by atoms with Gasteiger partial charge in [0.05, 0.1) is 11.7 Å². The number of hydrogen-bond acceptors (Lipinski definition) is 4. The molecule has 2 heterocycles. The highest BCUT2D eigenvalue weighted by Crippen LogP contribution is 2.23. The Labute approximate surface area is 121 Å². The number of hydrogen-bond donors (Lipinski definition) is 2. The minimum atomic E-state index is -1.04. The SMILES string of the molecule is Cn1cc(CNc2cc(C(=O)O)nc3ccccc23)cn1. The molecule has 6 nitrogen and oxygen atoms in total. The van der Waals surface area contributed by atoms with Gasteiger partial charge in [0.15, 0.2) is 5.69 Å². The van der Waals surface area contributed by atoms with E-state index in [1.54, 1.807) is 23.0 Å². The number of pyridine rings is 1. The maximum absolute atomic E-state index is 11.2. The monoisotopic (exact) mass is 282 g/mol. The molecule has 1 aromatic carbocycles. The van der Waals surface area contributed by atoms with Crippen molar-refractivity contribution < 1.29 is 9.90 Å². The van der Waals surface area contributed by atoms with Gasteiger partial charge in [-0.1, -0.05) is 18.2 Å². The van der Waals surface area contributed by atoms with Crippen LogP contribution in [0.5, 0.6) is 0 Å². The number of nitrogens with one attached hydrogen (secondary N) is 1. The van der Waals surface area contributed by atoms with Crippen LogP contribution in [0.1, 0.15) is 16.1 Å². The molecule has 0 aliphatic carbocycles. The number of carboxylic acids is 1. The summed E-state index contributed by atoms with van der Waals surface area (Å²) in [6.07, 6.45) is 3.68. The summed E-state index contributed by atoms with van der Waals surface area (Å²) in [6.45, 7) is 0.570. The zero-order valence-electron chi connectivity index (χ0n) is 11.4. The van der Waals surface area contributed by atoms with E-state index < -0.39 is 5.97 Å². The largest absolute Gasteiger partial charge is 0.477 e. The molecule has 0 bridgehead atoms. The van der Waals surface area contributed by atoms with E-state index in [0.717, 1.165) is 16.6 Å². The third kappa shape index (κ3) is 2.69. The first kappa shape index (κ1) is 13.1. The molecule has 21 heavy (non-hydrogen) atoms. The van der Waals surface area contributed by atoms with E-state index in [4.69, 9.17) is 5.11 Å². The van der Waals surface area contributed by atoms with Gasteiger partial charge in [-0.25, -0.2) is 9.78 Å². The van der Waals surface area contributed by atoms with Crippen molar-refractivity contribution in [2.24, 2.45) is 7.05 Å². The van der Waals surface area contributed by atoms with Crippen LogP contribution in [0.4, 0.5) is 5.69 Å². The fourth-order valence-electron chi connectivity index (χ4n) is 2.19. The minimum absolute atomic E-state index is 0.0300. The Morgan fingerprint density at radius 1 is 1.38 bits per heavy atom. The van der Waals surface area contributed by atoms with Gasteiger partial charge in [0.1, 0.15) is 0 Å². The van der Waals surface area contributed by atoms with Gasteiger partial charge in [0.2, 0.25) is 0 Å². The molecular weight excluding hydrogens is 268 g/mol. The lowest BCUT2D eigenvalue weighted by Crippen LogP contribution is -2.05. The van der Waals surface area contributed by atoms with Crippen LogP contribution in [0.2, 0.25) is 0 Å². The number of carboxylic acid groups (broad SMARTS) is 1. The van der Waals surface area contributed by atoms with Crippen molar-refractivity contribution in [3.05, 3.63) is 54.0 Å². The molecule has 0 aliphatic rings. The van der Waals surface area contributed by atoms with Crippen molar-refractivity contribution in [1.82, 2.24) is 14.8 Å². The Kier molecular flexibility index (Phi) is 3.27. The topological polar surface area (TPSA) is 80.0 Å². The molecule has 0 atom stereocenters. The van der Waals surface area contributed by atoms with Crippen LogP contribution in [0.25, 0.3) is 10.9 Å². The van der Waals surface area contributed by atoms with Crippen LogP contribution >= 0.6 is 0 Å². The number of aromatic carboxylic acids is 1. The smallest absolute Gasteiger partial charge is 0.354 e. The molecule has 3 rings (SSSR count). The second kappa shape index (κ2) is 5.24. The van der Waals surface area contributed by atoms with E-state index in [9.17, 15) is 4.79 Å². The Morgan fingerprint density at radius 3 is 2.90 bits per heavy atom. The number of anilines is 1. The molecule has 0 radical (unpaired) electrons. The zero-order chi connectivity index (χ0) is 14.8. The molecule has 0 saturated carbocycles. The number of aryl methyl sites for hydroxylation is 1. The fraction of sp³-hybridized carbons (Fsp3) is 0.133. The molecule has 0 unspecified atom stereocenters. The lowest BCUT2D eigenvalue weighted by molar-refractivity contribution is 0.0691. The quantitative estimate of drug-likeness (QED) is 0.767. The summed E-state index contributed by atoms with van der Waals surface area (Å²) in [5, 5.41) is 17.4. The minimum Gasteiger partial charge on any atom is -0.477 e. The Balaban J connectivity index is 1.97. The molecule has 2 aromatic heterocycles. The molecule has 106 valence electrons. The van der Waals surface area contributed by atoms with Gasteiger partial charge in [0, 0.05) is 36.4 Å². The van der Waals surface area contributed by atoms with Crippen LogP contribution < -0.4 is 5.32 Å². The van der Waals surface area contributed by atoms with Gasteiger partial charge in [-0.15, -0.1) is 0 Å².